The van der Waals surface area contributed by atoms with Crippen molar-refractivity contribution in [1.29, 1.82) is 0 Å². The lowest BCUT2D eigenvalue weighted by atomic mass is 9.74. The fourth-order valence-corrected chi connectivity index (χ4v) is 4.91. The lowest BCUT2D eigenvalue weighted by Gasteiger charge is -2.45. The minimum Gasteiger partial charge on any atom is -0.480 e. The first-order chi connectivity index (χ1) is 17.2. The van der Waals surface area contributed by atoms with Crippen molar-refractivity contribution in [3.63, 3.8) is 0 Å². The zero-order valence-electron chi connectivity index (χ0n) is 20.5. The molecule has 1 fully saturated rings. The lowest BCUT2D eigenvalue weighted by Crippen LogP contribution is -2.59. The van der Waals surface area contributed by atoms with Crippen molar-refractivity contribution in [3.05, 3.63) is 24.3 Å². The number of alkyl halides is 2. The molecule has 1 saturated carbocycles. The van der Waals surface area contributed by atoms with Crippen molar-refractivity contribution in [2.45, 2.75) is 64.6 Å². The highest BCUT2D eigenvalue weighted by Gasteiger charge is 2.41. The normalized spacial score (nSPS) is 19.6. The van der Waals surface area contributed by atoms with Crippen LogP contribution in [0, 0.1) is 6.92 Å². The van der Waals surface area contributed by atoms with Gasteiger partial charge in [-0.3, -0.25) is 4.79 Å². The third-order valence-electron chi connectivity index (χ3n) is 6.61. The first-order valence-electron chi connectivity index (χ1n) is 11.8. The summed E-state index contributed by atoms with van der Waals surface area (Å²) >= 11 is 0. The van der Waals surface area contributed by atoms with Crippen molar-refractivity contribution < 1.29 is 18.3 Å². The molecule has 4 aromatic rings. The summed E-state index contributed by atoms with van der Waals surface area (Å²) < 4.78 is 33.3. The molecule has 1 aliphatic rings. The van der Waals surface area contributed by atoms with Gasteiger partial charge in [0.25, 0.3) is 6.43 Å². The largest absolute Gasteiger partial charge is 0.480 e. The number of hydrogen-bond acceptors (Lipinski definition) is 7. The number of fused-ring (bicyclic) bond motifs is 2. The molecule has 0 radical (unpaired) electrons. The zero-order chi connectivity index (χ0) is 25.6. The number of nitrogens with one attached hydrogen (secondary N) is 3. The fourth-order valence-electron chi connectivity index (χ4n) is 4.91. The Labute approximate surface area is 205 Å². The predicted octanol–water partition coefficient (Wildman–Crippen LogP) is 3.81. The molecule has 1 aliphatic carbocycles. The Morgan fingerprint density at radius 1 is 1.33 bits per heavy atom. The molecule has 10 nitrogen and oxygen atoms in total. The molecule has 12 heteroatoms. The van der Waals surface area contributed by atoms with E-state index in [9.17, 15) is 13.6 Å². The maximum atomic E-state index is 13.1. The standard InChI is InChI=1S/C24H28F2N8O2/c1-5-18(35)33-24(3)7-14(8-24)30-23-31-21-19(22(32-23)36-4)15(10-28-21)13-6-16-20(27-9-13)29-12(2)34(16)11-17(25)26/h6,9-10,14,17H,5,7-8,11H2,1-4H3,(H,33,35)(H2,28,30,31,32)/t14-,24+. The van der Waals surface area contributed by atoms with Gasteiger partial charge in [0, 0.05) is 41.5 Å². The smallest absolute Gasteiger partial charge is 0.256 e. The number of imidazole rings is 1. The molecular formula is C24H28F2N8O2. The number of ether oxygens (including phenoxy) is 1. The van der Waals surface area contributed by atoms with Crippen LogP contribution in [0.2, 0.25) is 0 Å². The molecule has 3 N–H and O–H groups in total. The molecule has 4 heterocycles. The van der Waals surface area contributed by atoms with Gasteiger partial charge in [0.05, 0.1) is 24.6 Å². The number of aryl methyl sites for hydroxylation is 1. The molecule has 0 unspecified atom stereocenters. The summed E-state index contributed by atoms with van der Waals surface area (Å²) in [5, 5.41) is 7.04. The second-order valence-corrected chi connectivity index (χ2v) is 9.42. The number of aromatic amines is 1. The van der Waals surface area contributed by atoms with E-state index in [1.54, 1.807) is 25.4 Å². The molecule has 0 atom stereocenters. The van der Waals surface area contributed by atoms with E-state index in [0.717, 1.165) is 18.4 Å². The number of aromatic nitrogens is 6. The number of hydrogen-bond donors (Lipinski definition) is 3. The summed E-state index contributed by atoms with van der Waals surface area (Å²) in [5.74, 6) is 1.31. The lowest BCUT2D eigenvalue weighted by molar-refractivity contribution is -0.123. The number of anilines is 1. The SMILES string of the molecule is CCC(=O)N[C@]1(C)C[C@H](Nc2nc(OC)c3c(-c4cnc5nc(C)n(CC(F)F)c5c4)c[nH]c3n2)C1. The molecular weight excluding hydrogens is 470 g/mol. The average Bonchev–Trinajstić information content (AvgIpc) is 3.37. The van der Waals surface area contributed by atoms with E-state index in [4.69, 9.17) is 4.74 Å². The molecule has 0 bridgehead atoms. The van der Waals surface area contributed by atoms with Crippen LogP contribution in [0.5, 0.6) is 5.88 Å². The van der Waals surface area contributed by atoms with E-state index in [-0.39, 0.29) is 17.5 Å². The summed E-state index contributed by atoms with van der Waals surface area (Å²) in [6, 6.07) is 1.91. The van der Waals surface area contributed by atoms with Gasteiger partial charge in [0.15, 0.2) is 5.65 Å². The Balaban J connectivity index is 1.44. The number of carbonyl (C=O) groups is 1. The maximum absolute atomic E-state index is 13.1. The van der Waals surface area contributed by atoms with Crippen LogP contribution in [-0.2, 0) is 11.3 Å². The van der Waals surface area contributed by atoms with Gasteiger partial charge in [-0.1, -0.05) is 6.92 Å². The molecule has 0 saturated heterocycles. The Morgan fingerprint density at radius 3 is 2.81 bits per heavy atom. The van der Waals surface area contributed by atoms with Crippen LogP contribution in [-0.4, -0.2) is 60.5 Å². The zero-order valence-corrected chi connectivity index (χ0v) is 20.5. The van der Waals surface area contributed by atoms with Crippen LogP contribution in [0.15, 0.2) is 18.5 Å². The first kappa shape index (κ1) is 23.9. The summed E-state index contributed by atoms with van der Waals surface area (Å²) in [7, 11) is 1.53. The predicted molar refractivity (Wildman–Crippen MR) is 131 cm³/mol. The van der Waals surface area contributed by atoms with Gasteiger partial charge in [-0.05, 0) is 32.8 Å². The number of methoxy groups -OCH3 is 1. The number of pyridine rings is 1. The number of H-pyrrole nitrogens is 1. The van der Waals surface area contributed by atoms with Gasteiger partial charge < -0.3 is 24.9 Å². The van der Waals surface area contributed by atoms with Crippen molar-refractivity contribution in [1.82, 2.24) is 34.8 Å². The van der Waals surface area contributed by atoms with Crippen LogP contribution in [0.25, 0.3) is 33.3 Å². The number of nitrogens with zero attached hydrogens (tertiary/aromatic N) is 5. The molecule has 4 aromatic heterocycles. The van der Waals surface area contributed by atoms with Crippen molar-refractivity contribution in [3.8, 4) is 17.0 Å². The third-order valence-corrected chi connectivity index (χ3v) is 6.61. The first-order valence-corrected chi connectivity index (χ1v) is 11.8. The van der Waals surface area contributed by atoms with Gasteiger partial charge in [-0.2, -0.15) is 9.97 Å². The number of carbonyl (C=O) groups excluding carboxylic acids is 1. The summed E-state index contributed by atoms with van der Waals surface area (Å²) in [6.45, 7) is 5.09. The fraction of sp³-hybridized carbons (Fsp3) is 0.458. The third kappa shape index (κ3) is 4.31. The van der Waals surface area contributed by atoms with Crippen molar-refractivity contribution in [2.24, 2.45) is 0 Å². The topological polar surface area (TPSA) is 123 Å². The van der Waals surface area contributed by atoms with E-state index >= 15 is 0 Å². The highest BCUT2D eigenvalue weighted by Crippen LogP contribution is 2.37. The van der Waals surface area contributed by atoms with Gasteiger partial charge >= 0.3 is 0 Å². The van der Waals surface area contributed by atoms with Gasteiger partial charge in [-0.15, -0.1) is 0 Å². The quantitative estimate of drug-likeness (QED) is 0.338. The maximum Gasteiger partial charge on any atom is 0.256 e. The summed E-state index contributed by atoms with van der Waals surface area (Å²) in [6.07, 6.45) is 2.89. The summed E-state index contributed by atoms with van der Waals surface area (Å²) in [5.41, 5.74) is 2.71. The Hall–Kier alpha value is -3.83. The molecule has 36 heavy (non-hydrogen) atoms. The van der Waals surface area contributed by atoms with Crippen molar-refractivity contribution >= 4 is 34.1 Å². The van der Waals surface area contributed by atoms with E-state index in [2.05, 4.69) is 35.6 Å². The van der Waals surface area contributed by atoms with E-state index < -0.39 is 13.0 Å². The van der Waals surface area contributed by atoms with Gasteiger partial charge in [0.1, 0.15) is 11.5 Å². The van der Waals surface area contributed by atoms with Crippen LogP contribution < -0.4 is 15.4 Å². The molecule has 190 valence electrons. The van der Waals surface area contributed by atoms with Gasteiger partial charge in [0.2, 0.25) is 17.7 Å². The van der Waals surface area contributed by atoms with Gasteiger partial charge in [-0.25, -0.2) is 18.7 Å². The molecule has 0 spiro atoms. The van der Waals surface area contributed by atoms with Crippen LogP contribution >= 0.6 is 0 Å². The van der Waals surface area contributed by atoms with E-state index in [1.807, 2.05) is 13.8 Å². The molecule has 0 aromatic carbocycles. The number of halogens is 2. The second kappa shape index (κ2) is 8.99. The second-order valence-electron chi connectivity index (χ2n) is 9.42. The Bertz CT molecular complexity index is 1440. The van der Waals surface area contributed by atoms with E-state index in [0.29, 0.717) is 51.8 Å². The number of amides is 1. The Kier molecular flexibility index (Phi) is 5.97. The molecule has 5 rings (SSSR count). The highest BCUT2D eigenvalue weighted by molar-refractivity contribution is 5.98. The summed E-state index contributed by atoms with van der Waals surface area (Å²) in [4.78, 5) is 32.8. The highest BCUT2D eigenvalue weighted by atomic mass is 19.3. The Morgan fingerprint density at radius 2 is 2.11 bits per heavy atom. The van der Waals surface area contributed by atoms with E-state index in [1.165, 1.54) is 11.7 Å². The van der Waals surface area contributed by atoms with Crippen LogP contribution in [0.1, 0.15) is 38.9 Å². The molecule has 1 amide bonds. The molecule has 0 aliphatic heterocycles. The monoisotopic (exact) mass is 498 g/mol. The minimum atomic E-state index is -2.51. The van der Waals surface area contributed by atoms with Crippen LogP contribution in [0.3, 0.4) is 0 Å². The minimum absolute atomic E-state index is 0.0364. The van der Waals surface area contributed by atoms with Crippen molar-refractivity contribution in [2.75, 3.05) is 12.4 Å². The average molecular weight is 499 g/mol. The number of rotatable bonds is 8. The van der Waals surface area contributed by atoms with Crippen LogP contribution in [0.4, 0.5) is 14.7 Å².